The predicted molar refractivity (Wildman–Crippen MR) is 94.4 cm³/mol. The fourth-order valence-corrected chi connectivity index (χ4v) is 7.47. The number of primary amides is 1. The molecule has 25 heavy (non-hydrogen) atoms. The van der Waals surface area contributed by atoms with Crippen LogP contribution in [0.25, 0.3) is 0 Å². The van der Waals surface area contributed by atoms with Crippen molar-refractivity contribution in [1.29, 1.82) is 0 Å². The molecule has 0 heterocycles. The fourth-order valence-electron chi connectivity index (χ4n) is 7.47. The van der Waals surface area contributed by atoms with Gasteiger partial charge in [-0.2, -0.15) is 0 Å². The second kappa shape index (κ2) is 5.65. The first-order valence-corrected chi connectivity index (χ1v) is 10.1. The molecule has 1 unspecified atom stereocenters. The average molecular weight is 345 g/mol. The third kappa shape index (κ3) is 2.28. The minimum atomic E-state index is -0.367. The fraction of sp³-hybridized carbons (Fsp3) is 0.857. The van der Waals surface area contributed by atoms with Gasteiger partial charge in [-0.1, -0.05) is 26.7 Å². The maximum atomic E-state index is 13.4. The van der Waals surface area contributed by atoms with E-state index < -0.39 is 0 Å². The van der Waals surface area contributed by atoms with Gasteiger partial charge >= 0.3 is 0 Å². The van der Waals surface area contributed by atoms with Gasteiger partial charge in [0.2, 0.25) is 5.91 Å². The van der Waals surface area contributed by atoms with Crippen LogP contribution in [0.15, 0.2) is 0 Å². The molecule has 0 aromatic carbocycles. The number of hydrogen-bond acceptors (Lipinski definition) is 3. The number of fused-ring (bicyclic) bond motifs is 5. The topological polar surface area (TPSA) is 77.2 Å². The molecule has 4 nitrogen and oxygen atoms in total. The number of nitrogens with two attached hydrogens (primary N) is 1. The zero-order chi connectivity index (χ0) is 18.0. The summed E-state index contributed by atoms with van der Waals surface area (Å²) in [7, 11) is 0. The lowest BCUT2D eigenvalue weighted by Gasteiger charge is -2.61. The Morgan fingerprint density at radius 1 is 1.08 bits per heavy atom. The van der Waals surface area contributed by atoms with Crippen LogP contribution in [0.5, 0.6) is 0 Å². The molecule has 0 saturated heterocycles. The monoisotopic (exact) mass is 345 g/mol. The number of amides is 1. The molecule has 0 aromatic heterocycles. The van der Waals surface area contributed by atoms with Crippen LogP contribution in [-0.4, -0.2) is 17.5 Å². The highest BCUT2D eigenvalue weighted by molar-refractivity contribution is 5.91. The Bertz CT molecular complexity index is 629. The van der Waals surface area contributed by atoms with E-state index >= 15 is 0 Å². The first-order chi connectivity index (χ1) is 11.8. The molecule has 4 fully saturated rings. The number of carbonyl (C=O) groups is 3. The maximum absolute atomic E-state index is 13.4. The number of carbonyl (C=O) groups excluding carboxylic acids is 3. The van der Waals surface area contributed by atoms with Crippen LogP contribution < -0.4 is 5.73 Å². The van der Waals surface area contributed by atoms with Crippen LogP contribution in [0.1, 0.15) is 71.6 Å². The molecule has 4 aliphatic rings. The van der Waals surface area contributed by atoms with Crippen molar-refractivity contribution in [2.75, 3.05) is 0 Å². The first kappa shape index (κ1) is 17.2. The van der Waals surface area contributed by atoms with Crippen LogP contribution >= 0.6 is 0 Å². The number of Topliss-reactive ketones (excluding diaryl/α,β-unsaturated/α-hetero) is 2. The Kier molecular flexibility index (Phi) is 3.90. The summed E-state index contributed by atoms with van der Waals surface area (Å²) in [6.45, 7) is 4.44. The van der Waals surface area contributed by atoms with Crippen molar-refractivity contribution >= 4 is 17.5 Å². The van der Waals surface area contributed by atoms with Crippen LogP contribution in [0.4, 0.5) is 0 Å². The number of ketones is 2. The molecule has 0 aliphatic heterocycles. The highest BCUT2D eigenvalue weighted by Gasteiger charge is 2.64. The molecule has 4 saturated carbocycles. The SMILES string of the molecule is C[C@]12CCCCC1C(=O)[C@@H](CC(N)=O)[C@@H]1[C@@H]2CC[C@]2(C)C(=O)CC[C@@H]12. The molecule has 1 amide bonds. The van der Waals surface area contributed by atoms with E-state index in [0.717, 1.165) is 38.5 Å². The summed E-state index contributed by atoms with van der Waals surface area (Å²) in [6, 6.07) is 0. The third-order valence-electron chi connectivity index (χ3n) is 8.74. The minimum Gasteiger partial charge on any atom is -0.370 e. The Balaban J connectivity index is 1.78. The summed E-state index contributed by atoms with van der Waals surface area (Å²) in [6.07, 6.45) is 8.09. The molecule has 2 N–H and O–H groups in total. The van der Waals surface area contributed by atoms with Crippen molar-refractivity contribution < 1.29 is 14.4 Å². The van der Waals surface area contributed by atoms with Gasteiger partial charge in [0.15, 0.2) is 0 Å². The van der Waals surface area contributed by atoms with E-state index in [1.54, 1.807) is 0 Å². The van der Waals surface area contributed by atoms with Crippen molar-refractivity contribution in [3.05, 3.63) is 0 Å². The second-order valence-corrected chi connectivity index (χ2v) is 9.69. The van der Waals surface area contributed by atoms with Crippen LogP contribution in [0.2, 0.25) is 0 Å². The molecular weight excluding hydrogens is 314 g/mol. The molecule has 4 aliphatic carbocycles. The first-order valence-electron chi connectivity index (χ1n) is 10.1. The Morgan fingerprint density at radius 2 is 1.84 bits per heavy atom. The van der Waals surface area contributed by atoms with E-state index in [1.165, 1.54) is 6.42 Å². The summed E-state index contributed by atoms with van der Waals surface area (Å²) in [4.78, 5) is 37.8. The van der Waals surface area contributed by atoms with E-state index in [9.17, 15) is 14.4 Å². The third-order valence-corrected chi connectivity index (χ3v) is 8.74. The number of rotatable bonds is 2. The van der Waals surface area contributed by atoms with Crippen molar-refractivity contribution in [2.24, 2.45) is 46.2 Å². The second-order valence-electron chi connectivity index (χ2n) is 9.69. The zero-order valence-electron chi connectivity index (χ0n) is 15.6. The van der Waals surface area contributed by atoms with E-state index in [2.05, 4.69) is 13.8 Å². The maximum Gasteiger partial charge on any atom is 0.218 e. The summed E-state index contributed by atoms with van der Waals surface area (Å²) in [5, 5.41) is 0. The van der Waals surface area contributed by atoms with Crippen LogP contribution in [0, 0.1) is 40.4 Å². The van der Waals surface area contributed by atoms with Gasteiger partial charge in [-0.05, 0) is 55.3 Å². The quantitative estimate of drug-likeness (QED) is 0.834. The highest BCUT2D eigenvalue weighted by atomic mass is 16.1. The van der Waals surface area contributed by atoms with Gasteiger partial charge in [0, 0.05) is 30.1 Å². The molecule has 138 valence electrons. The van der Waals surface area contributed by atoms with E-state index in [1.807, 2.05) is 0 Å². The lowest BCUT2D eigenvalue weighted by Crippen LogP contribution is -2.60. The Morgan fingerprint density at radius 3 is 2.56 bits per heavy atom. The summed E-state index contributed by atoms with van der Waals surface area (Å²) in [5.41, 5.74) is 5.32. The van der Waals surface area contributed by atoms with E-state index in [4.69, 9.17) is 5.73 Å². The minimum absolute atomic E-state index is 0.0567. The van der Waals surface area contributed by atoms with Crippen LogP contribution in [-0.2, 0) is 14.4 Å². The molecule has 4 heteroatoms. The Labute approximate surface area is 150 Å². The molecular formula is C21H31NO3. The van der Waals surface area contributed by atoms with Gasteiger partial charge in [0.05, 0.1) is 0 Å². The summed E-state index contributed by atoms with van der Waals surface area (Å²) >= 11 is 0. The standard InChI is InChI=1S/C21H31NO3/c1-20-9-4-3-5-15(20)19(25)12(11-17(22)24)18-13-6-7-16(23)21(13,2)10-8-14(18)20/h12-15,18H,3-11H2,1-2H3,(H2,22,24)/t12-,13-,14-,15?,18-,20+,21-/m0/s1. The van der Waals surface area contributed by atoms with Crippen molar-refractivity contribution in [3.8, 4) is 0 Å². The van der Waals surface area contributed by atoms with Gasteiger partial charge in [-0.25, -0.2) is 0 Å². The smallest absolute Gasteiger partial charge is 0.218 e. The van der Waals surface area contributed by atoms with Crippen molar-refractivity contribution in [2.45, 2.75) is 71.6 Å². The molecule has 0 radical (unpaired) electrons. The molecule has 7 atom stereocenters. The Hall–Kier alpha value is -1.19. The van der Waals surface area contributed by atoms with E-state index in [-0.39, 0.29) is 52.6 Å². The lowest BCUT2D eigenvalue weighted by atomic mass is 9.42. The predicted octanol–water partition coefficient (Wildman–Crippen LogP) is 3.27. The zero-order valence-corrected chi connectivity index (χ0v) is 15.6. The van der Waals surface area contributed by atoms with Gasteiger partial charge in [0.25, 0.3) is 0 Å². The summed E-state index contributed by atoms with van der Waals surface area (Å²) in [5.74, 6) is 1.01. The van der Waals surface area contributed by atoms with Gasteiger partial charge < -0.3 is 5.73 Å². The van der Waals surface area contributed by atoms with Crippen LogP contribution in [0.3, 0.4) is 0 Å². The average Bonchev–Trinajstić information content (AvgIpc) is 2.86. The van der Waals surface area contributed by atoms with Gasteiger partial charge in [-0.15, -0.1) is 0 Å². The molecule has 0 spiro atoms. The number of hydrogen-bond donors (Lipinski definition) is 1. The molecule has 0 bridgehead atoms. The normalized spacial score (nSPS) is 49.3. The summed E-state index contributed by atoms with van der Waals surface area (Å²) < 4.78 is 0. The lowest BCUT2D eigenvalue weighted by molar-refractivity contribution is -0.168. The largest absolute Gasteiger partial charge is 0.370 e. The van der Waals surface area contributed by atoms with Gasteiger partial charge in [-0.3, -0.25) is 14.4 Å². The van der Waals surface area contributed by atoms with Gasteiger partial charge in [0.1, 0.15) is 11.6 Å². The molecule has 0 aromatic rings. The highest BCUT2D eigenvalue weighted by Crippen LogP contribution is 2.66. The molecule has 4 rings (SSSR count). The van der Waals surface area contributed by atoms with Crippen molar-refractivity contribution in [3.63, 3.8) is 0 Å². The van der Waals surface area contributed by atoms with Crippen molar-refractivity contribution in [1.82, 2.24) is 0 Å². The van der Waals surface area contributed by atoms with E-state index in [0.29, 0.717) is 18.1 Å².